The fraction of sp³-hybridized carbons (Fsp3) is 0.900. The Morgan fingerprint density at radius 2 is 1.85 bits per heavy atom. The fourth-order valence-electron chi connectivity index (χ4n) is 1.79. The molecule has 0 radical (unpaired) electrons. The van der Waals surface area contributed by atoms with Gasteiger partial charge in [0.1, 0.15) is 5.84 Å². The minimum atomic E-state index is 0.263. The van der Waals surface area contributed by atoms with Gasteiger partial charge in [-0.1, -0.05) is 13.8 Å². The molecule has 0 unspecified atom stereocenters. The number of nitrogens with one attached hydrogen (secondary N) is 1. The van der Waals surface area contributed by atoms with Crippen LogP contribution in [0, 0.1) is 11.3 Å². The lowest BCUT2D eigenvalue weighted by molar-refractivity contribution is 0.462. The maximum atomic E-state index is 5.50. The molecule has 0 aromatic heterocycles. The van der Waals surface area contributed by atoms with E-state index in [2.05, 4.69) is 38.1 Å². The quantitative estimate of drug-likeness (QED) is 0.303. The van der Waals surface area contributed by atoms with Gasteiger partial charge in [0.2, 0.25) is 0 Å². The Morgan fingerprint density at radius 1 is 1.31 bits per heavy atom. The molecular formula is C10H21N3. The van der Waals surface area contributed by atoms with Crippen LogP contribution in [-0.4, -0.2) is 11.9 Å². The molecule has 0 saturated heterocycles. The van der Waals surface area contributed by atoms with Crippen molar-refractivity contribution in [2.45, 2.75) is 46.6 Å². The Labute approximate surface area is 80.8 Å². The summed E-state index contributed by atoms with van der Waals surface area (Å²) in [5.74, 6) is 7.13. The Hall–Kier alpha value is -0.570. The van der Waals surface area contributed by atoms with Crippen molar-refractivity contribution in [1.82, 2.24) is 5.43 Å². The topological polar surface area (TPSA) is 50.4 Å². The summed E-state index contributed by atoms with van der Waals surface area (Å²) in [6.45, 7) is 8.63. The van der Waals surface area contributed by atoms with Crippen LogP contribution in [0.25, 0.3) is 0 Å². The summed E-state index contributed by atoms with van der Waals surface area (Å²) in [5.41, 5.74) is 3.03. The van der Waals surface area contributed by atoms with Gasteiger partial charge in [0.05, 0.1) is 0 Å². The van der Waals surface area contributed by atoms with Crippen LogP contribution in [0.15, 0.2) is 4.99 Å². The monoisotopic (exact) mass is 183 g/mol. The van der Waals surface area contributed by atoms with Crippen molar-refractivity contribution in [1.29, 1.82) is 0 Å². The van der Waals surface area contributed by atoms with E-state index >= 15 is 0 Å². The third-order valence-electron chi connectivity index (χ3n) is 2.89. The number of aliphatic imine (C=N–C) groups is 1. The first-order chi connectivity index (χ1) is 6.03. The van der Waals surface area contributed by atoms with Crippen molar-refractivity contribution in [3.05, 3.63) is 0 Å². The van der Waals surface area contributed by atoms with E-state index in [-0.39, 0.29) is 5.41 Å². The summed E-state index contributed by atoms with van der Waals surface area (Å²) in [5, 5.41) is 0. The van der Waals surface area contributed by atoms with E-state index in [1.807, 2.05) is 0 Å². The van der Waals surface area contributed by atoms with Crippen LogP contribution in [0.1, 0.15) is 40.5 Å². The molecule has 0 bridgehead atoms. The molecule has 0 aromatic carbocycles. The van der Waals surface area contributed by atoms with Crippen molar-refractivity contribution < 1.29 is 0 Å². The van der Waals surface area contributed by atoms with Crippen molar-refractivity contribution in [2.24, 2.45) is 22.2 Å². The number of amidine groups is 1. The smallest absolute Gasteiger partial charge is 0.117 e. The van der Waals surface area contributed by atoms with Crippen molar-refractivity contribution >= 4 is 5.84 Å². The summed E-state index contributed by atoms with van der Waals surface area (Å²) < 4.78 is 0. The Kier molecular flexibility index (Phi) is 2.96. The van der Waals surface area contributed by atoms with Gasteiger partial charge in [0.25, 0.3) is 0 Å². The van der Waals surface area contributed by atoms with Crippen molar-refractivity contribution in [2.75, 3.05) is 0 Å². The van der Waals surface area contributed by atoms with Gasteiger partial charge in [0, 0.05) is 11.5 Å². The molecule has 3 N–H and O–H groups in total. The molecule has 1 aliphatic carbocycles. The van der Waals surface area contributed by atoms with Gasteiger partial charge in [0.15, 0.2) is 0 Å². The van der Waals surface area contributed by atoms with Gasteiger partial charge in [-0.25, -0.2) is 5.84 Å². The Balaban J connectivity index is 2.78. The molecule has 0 aliphatic heterocycles. The first-order valence-corrected chi connectivity index (χ1v) is 5.08. The van der Waals surface area contributed by atoms with Crippen LogP contribution in [0.5, 0.6) is 0 Å². The standard InChI is InChI=1S/C10H21N3/c1-7(2)10(5-6-10)9(13-11)12-8(3)4/h7-8H,5-6,11H2,1-4H3,(H,12,13). The molecule has 3 heteroatoms. The lowest BCUT2D eigenvalue weighted by Crippen LogP contribution is -2.40. The van der Waals surface area contributed by atoms with E-state index in [1.165, 1.54) is 12.8 Å². The van der Waals surface area contributed by atoms with E-state index in [4.69, 9.17) is 5.84 Å². The largest absolute Gasteiger partial charge is 0.312 e. The molecule has 1 fully saturated rings. The second-order valence-corrected chi connectivity index (χ2v) is 4.53. The summed E-state index contributed by atoms with van der Waals surface area (Å²) in [6, 6.07) is 0.322. The zero-order valence-corrected chi connectivity index (χ0v) is 9.09. The summed E-state index contributed by atoms with van der Waals surface area (Å²) in [6.07, 6.45) is 2.45. The van der Waals surface area contributed by atoms with Crippen LogP contribution >= 0.6 is 0 Å². The average molecular weight is 183 g/mol. The highest BCUT2D eigenvalue weighted by Gasteiger charge is 2.49. The molecule has 0 amide bonds. The molecule has 0 spiro atoms. The third-order valence-corrected chi connectivity index (χ3v) is 2.89. The van der Waals surface area contributed by atoms with Crippen LogP contribution < -0.4 is 11.3 Å². The Bertz CT molecular complexity index is 202. The van der Waals surface area contributed by atoms with Gasteiger partial charge < -0.3 is 5.43 Å². The lowest BCUT2D eigenvalue weighted by atomic mass is 9.91. The number of hydrogen-bond donors (Lipinski definition) is 2. The highest BCUT2D eigenvalue weighted by atomic mass is 15.3. The summed E-state index contributed by atoms with van der Waals surface area (Å²) in [7, 11) is 0. The van der Waals surface area contributed by atoms with Crippen molar-refractivity contribution in [3.63, 3.8) is 0 Å². The molecule has 76 valence electrons. The number of hydrogen-bond acceptors (Lipinski definition) is 2. The van der Waals surface area contributed by atoms with Gasteiger partial charge in [-0.3, -0.25) is 4.99 Å². The molecule has 1 rings (SSSR count). The predicted molar refractivity (Wildman–Crippen MR) is 56.4 cm³/mol. The SMILES string of the molecule is CC(C)N=C(NN)C1(C(C)C)CC1. The summed E-state index contributed by atoms with van der Waals surface area (Å²) >= 11 is 0. The predicted octanol–water partition coefficient (Wildman–Crippen LogP) is 1.69. The molecule has 1 saturated carbocycles. The molecule has 0 aromatic rings. The number of hydrazine groups is 1. The fourth-order valence-corrected chi connectivity index (χ4v) is 1.79. The highest BCUT2D eigenvalue weighted by molar-refractivity contribution is 5.90. The number of rotatable bonds is 3. The minimum Gasteiger partial charge on any atom is -0.312 e. The second kappa shape index (κ2) is 3.66. The van der Waals surface area contributed by atoms with Gasteiger partial charge >= 0.3 is 0 Å². The van der Waals surface area contributed by atoms with E-state index in [9.17, 15) is 0 Å². The first-order valence-electron chi connectivity index (χ1n) is 5.08. The van der Waals surface area contributed by atoms with E-state index in [0.717, 1.165) is 5.84 Å². The van der Waals surface area contributed by atoms with Crippen molar-refractivity contribution in [3.8, 4) is 0 Å². The zero-order chi connectivity index (χ0) is 10.1. The maximum Gasteiger partial charge on any atom is 0.117 e. The molecule has 1 aliphatic rings. The van der Waals surface area contributed by atoms with Crippen LogP contribution in [0.3, 0.4) is 0 Å². The average Bonchev–Trinajstić information content (AvgIpc) is 2.79. The maximum absolute atomic E-state index is 5.50. The highest BCUT2D eigenvalue weighted by Crippen LogP contribution is 2.52. The van der Waals surface area contributed by atoms with Gasteiger partial charge in [-0.2, -0.15) is 0 Å². The van der Waals surface area contributed by atoms with E-state index in [1.54, 1.807) is 0 Å². The molecule has 13 heavy (non-hydrogen) atoms. The van der Waals surface area contributed by atoms with Crippen LogP contribution in [0.4, 0.5) is 0 Å². The van der Waals surface area contributed by atoms with Gasteiger partial charge in [-0.05, 0) is 32.6 Å². The summed E-state index contributed by atoms with van der Waals surface area (Å²) in [4.78, 5) is 4.53. The molecule has 3 nitrogen and oxygen atoms in total. The van der Waals surface area contributed by atoms with Crippen LogP contribution in [-0.2, 0) is 0 Å². The number of nitrogens with zero attached hydrogens (tertiary/aromatic N) is 1. The normalized spacial score (nSPS) is 21.0. The molecule has 0 heterocycles. The third kappa shape index (κ3) is 2.02. The van der Waals surface area contributed by atoms with E-state index in [0.29, 0.717) is 12.0 Å². The number of nitrogens with two attached hydrogens (primary N) is 1. The molecular weight excluding hydrogens is 162 g/mol. The first kappa shape index (κ1) is 10.5. The zero-order valence-electron chi connectivity index (χ0n) is 9.09. The second-order valence-electron chi connectivity index (χ2n) is 4.53. The minimum absolute atomic E-state index is 0.263. The van der Waals surface area contributed by atoms with Gasteiger partial charge in [-0.15, -0.1) is 0 Å². The Morgan fingerprint density at radius 3 is 2.08 bits per heavy atom. The lowest BCUT2D eigenvalue weighted by Gasteiger charge is -2.22. The van der Waals surface area contributed by atoms with Crippen LogP contribution in [0.2, 0.25) is 0 Å². The van der Waals surface area contributed by atoms with E-state index < -0.39 is 0 Å². The molecule has 0 atom stereocenters.